The van der Waals surface area contributed by atoms with Crippen molar-refractivity contribution in [2.45, 2.75) is 65.1 Å². The summed E-state index contributed by atoms with van der Waals surface area (Å²) in [6, 6.07) is 0. The Labute approximate surface area is 102 Å². The van der Waals surface area contributed by atoms with Crippen molar-refractivity contribution in [3.8, 4) is 0 Å². The molecule has 18 heavy (non-hydrogen) atoms. The molecule has 0 aliphatic carbocycles. The van der Waals surface area contributed by atoms with Crippen LogP contribution in [0.25, 0.3) is 0 Å². The van der Waals surface area contributed by atoms with E-state index in [-0.39, 0.29) is 0 Å². The molecule has 0 rings (SSSR count). The van der Waals surface area contributed by atoms with Gasteiger partial charge in [-0.2, -0.15) is 22.0 Å². The summed E-state index contributed by atoms with van der Waals surface area (Å²) in [5.41, 5.74) is -8.77. The largest absolute Gasteiger partial charge is 0.431 e. The van der Waals surface area contributed by atoms with Gasteiger partial charge in [0.2, 0.25) is 0 Å². The quantitative estimate of drug-likeness (QED) is 0.665. The minimum atomic E-state index is -5.75. The van der Waals surface area contributed by atoms with Gasteiger partial charge in [-0.05, 0) is 20.8 Å². The Bertz CT molecular complexity index is 280. The maximum Gasteiger partial charge on any atom is 0.431 e. The molecule has 0 fully saturated rings. The van der Waals surface area contributed by atoms with Crippen LogP contribution in [0.2, 0.25) is 0 Å². The lowest BCUT2D eigenvalue weighted by Gasteiger charge is -2.44. The third-order valence-corrected chi connectivity index (χ3v) is 2.26. The fraction of sp³-hybridized carbons (Fsp3) is 1.00. The standard InChI is InChI=1S/C11H18F6O/c1-7(2,3)9(12,10(13,14)15)11(16,17)18-8(4,5)6/h1-6H3. The molecule has 0 amide bonds. The first-order chi connectivity index (χ1) is 7.46. The number of ether oxygens (including phenoxy) is 1. The van der Waals surface area contributed by atoms with Crippen molar-refractivity contribution in [3.05, 3.63) is 0 Å². The number of alkyl halides is 6. The summed E-state index contributed by atoms with van der Waals surface area (Å²) in [7, 11) is 0. The lowest BCUT2D eigenvalue weighted by molar-refractivity contribution is -0.423. The minimum Gasteiger partial charge on any atom is -0.312 e. The summed E-state index contributed by atoms with van der Waals surface area (Å²) < 4.78 is 83.6. The van der Waals surface area contributed by atoms with Crippen LogP contribution in [0.5, 0.6) is 0 Å². The van der Waals surface area contributed by atoms with Crippen LogP contribution in [0, 0.1) is 5.41 Å². The average molecular weight is 280 g/mol. The van der Waals surface area contributed by atoms with Crippen LogP contribution in [-0.4, -0.2) is 23.6 Å². The molecule has 1 unspecified atom stereocenters. The van der Waals surface area contributed by atoms with E-state index in [0.717, 1.165) is 41.5 Å². The zero-order chi connectivity index (χ0) is 15.2. The van der Waals surface area contributed by atoms with Gasteiger partial charge in [-0.15, -0.1) is 0 Å². The van der Waals surface area contributed by atoms with Crippen molar-refractivity contribution < 1.29 is 31.1 Å². The highest BCUT2D eigenvalue weighted by molar-refractivity contribution is 5.04. The predicted molar refractivity (Wildman–Crippen MR) is 55.1 cm³/mol. The predicted octanol–water partition coefficient (Wildman–Crippen LogP) is 4.71. The van der Waals surface area contributed by atoms with E-state index in [1.54, 1.807) is 0 Å². The highest BCUT2D eigenvalue weighted by atomic mass is 19.4. The van der Waals surface area contributed by atoms with Crippen molar-refractivity contribution in [3.63, 3.8) is 0 Å². The second-order valence-electron chi connectivity index (χ2n) is 6.14. The number of rotatable bonds is 2. The van der Waals surface area contributed by atoms with Crippen LogP contribution in [0.3, 0.4) is 0 Å². The molecule has 0 aromatic rings. The molecule has 0 spiro atoms. The Morgan fingerprint density at radius 2 is 1.00 bits per heavy atom. The van der Waals surface area contributed by atoms with E-state index < -0.39 is 29.0 Å². The molecule has 110 valence electrons. The van der Waals surface area contributed by atoms with Crippen LogP contribution in [0.15, 0.2) is 0 Å². The van der Waals surface area contributed by atoms with Crippen molar-refractivity contribution in [1.82, 2.24) is 0 Å². The first-order valence-electron chi connectivity index (χ1n) is 5.29. The maximum absolute atomic E-state index is 14.1. The van der Waals surface area contributed by atoms with Crippen molar-refractivity contribution in [1.29, 1.82) is 0 Å². The summed E-state index contributed by atoms with van der Waals surface area (Å²) in [6.07, 6.45) is -10.7. The van der Waals surface area contributed by atoms with Gasteiger partial charge in [0, 0.05) is 5.41 Å². The lowest BCUT2D eigenvalue weighted by atomic mass is 9.76. The van der Waals surface area contributed by atoms with Gasteiger partial charge in [-0.3, -0.25) is 0 Å². The van der Waals surface area contributed by atoms with Crippen LogP contribution in [-0.2, 0) is 4.74 Å². The van der Waals surface area contributed by atoms with Gasteiger partial charge >= 0.3 is 12.3 Å². The molecule has 0 radical (unpaired) electrons. The van der Waals surface area contributed by atoms with Crippen LogP contribution >= 0.6 is 0 Å². The third-order valence-electron chi connectivity index (χ3n) is 2.26. The molecule has 0 aromatic heterocycles. The van der Waals surface area contributed by atoms with Crippen molar-refractivity contribution in [2.24, 2.45) is 5.41 Å². The van der Waals surface area contributed by atoms with Crippen LogP contribution in [0.1, 0.15) is 41.5 Å². The molecule has 0 aliphatic heterocycles. The van der Waals surface area contributed by atoms with Gasteiger partial charge in [0.25, 0.3) is 5.67 Å². The van der Waals surface area contributed by atoms with Crippen LogP contribution < -0.4 is 0 Å². The third kappa shape index (κ3) is 3.10. The Morgan fingerprint density at radius 3 is 1.17 bits per heavy atom. The molecule has 1 nitrogen and oxygen atoms in total. The molecule has 0 bridgehead atoms. The molecular weight excluding hydrogens is 262 g/mol. The van der Waals surface area contributed by atoms with E-state index in [4.69, 9.17) is 0 Å². The minimum absolute atomic E-state index is 0.750. The summed E-state index contributed by atoms with van der Waals surface area (Å²) in [6.45, 7) is 5.63. The first kappa shape index (κ1) is 17.5. The van der Waals surface area contributed by atoms with E-state index in [2.05, 4.69) is 4.74 Å². The van der Waals surface area contributed by atoms with Gasteiger partial charge in [0.1, 0.15) is 0 Å². The monoisotopic (exact) mass is 280 g/mol. The normalized spacial score (nSPS) is 18.7. The number of hydrogen-bond acceptors (Lipinski definition) is 1. The second kappa shape index (κ2) is 4.28. The topological polar surface area (TPSA) is 9.23 Å². The summed E-state index contributed by atoms with van der Waals surface area (Å²) in [5, 5.41) is 0. The molecule has 1 atom stereocenters. The Balaban J connectivity index is 5.77. The maximum atomic E-state index is 14.1. The van der Waals surface area contributed by atoms with E-state index in [1.807, 2.05) is 0 Å². The second-order valence-corrected chi connectivity index (χ2v) is 6.14. The van der Waals surface area contributed by atoms with Gasteiger partial charge < -0.3 is 4.74 Å². The summed E-state index contributed by atoms with van der Waals surface area (Å²) in [5.74, 6) is 0. The van der Waals surface area contributed by atoms with E-state index >= 15 is 0 Å². The summed E-state index contributed by atoms with van der Waals surface area (Å²) >= 11 is 0. The van der Waals surface area contributed by atoms with Crippen LogP contribution in [0.4, 0.5) is 26.3 Å². The fourth-order valence-corrected chi connectivity index (χ4v) is 1.48. The van der Waals surface area contributed by atoms with E-state index in [0.29, 0.717) is 0 Å². The smallest absolute Gasteiger partial charge is 0.312 e. The molecule has 7 heteroatoms. The van der Waals surface area contributed by atoms with Gasteiger partial charge in [0.15, 0.2) is 0 Å². The van der Waals surface area contributed by atoms with Gasteiger partial charge in [0.05, 0.1) is 5.60 Å². The van der Waals surface area contributed by atoms with E-state index in [1.165, 1.54) is 0 Å². The molecule has 0 heterocycles. The molecule has 0 aliphatic rings. The Hall–Kier alpha value is -0.460. The zero-order valence-electron chi connectivity index (χ0n) is 11.2. The highest BCUT2D eigenvalue weighted by Gasteiger charge is 2.77. The molecule has 0 N–H and O–H groups in total. The summed E-state index contributed by atoms with van der Waals surface area (Å²) in [4.78, 5) is 0. The fourth-order valence-electron chi connectivity index (χ4n) is 1.48. The zero-order valence-corrected chi connectivity index (χ0v) is 11.2. The van der Waals surface area contributed by atoms with Gasteiger partial charge in [-0.25, -0.2) is 4.39 Å². The number of halogens is 6. The SMILES string of the molecule is CC(C)(C)OC(F)(F)C(F)(C(C)(C)C)C(F)(F)F. The average Bonchev–Trinajstić information content (AvgIpc) is 1.92. The Kier molecular flexibility index (Phi) is 4.17. The number of hydrogen-bond donors (Lipinski definition) is 0. The molecule has 0 saturated carbocycles. The first-order valence-corrected chi connectivity index (χ1v) is 5.29. The van der Waals surface area contributed by atoms with Crippen molar-refractivity contribution >= 4 is 0 Å². The van der Waals surface area contributed by atoms with Crippen molar-refractivity contribution in [2.75, 3.05) is 0 Å². The highest BCUT2D eigenvalue weighted by Crippen LogP contribution is 2.56. The molecular formula is C11H18F6O. The Morgan fingerprint density at radius 1 is 0.667 bits per heavy atom. The molecule has 0 saturated heterocycles. The van der Waals surface area contributed by atoms with E-state index in [9.17, 15) is 26.3 Å². The lowest BCUT2D eigenvalue weighted by Crippen LogP contribution is -2.65. The molecule has 0 aromatic carbocycles. The van der Waals surface area contributed by atoms with Gasteiger partial charge in [-0.1, -0.05) is 20.8 Å².